The van der Waals surface area contributed by atoms with Crippen molar-refractivity contribution in [2.45, 2.75) is 42.3 Å². The first-order valence-electron chi connectivity index (χ1n) is 11.7. The zero-order chi connectivity index (χ0) is 23.8. The Labute approximate surface area is 204 Å². The topological polar surface area (TPSA) is 109 Å². The third kappa shape index (κ3) is 6.79. The zero-order valence-electron chi connectivity index (χ0n) is 19.1. The number of hydrogen-bond donors (Lipinski definition) is 4. The van der Waals surface area contributed by atoms with E-state index < -0.39 is 0 Å². The van der Waals surface area contributed by atoms with Gasteiger partial charge in [-0.3, -0.25) is 14.6 Å². The molecule has 178 valence electrons. The predicted molar refractivity (Wildman–Crippen MR) is 137 cm³/mol. The monoisotopic (exact) mass is 477 g/mol. The van der Waals surface area contributed by atoms with E-state index in [1.807, 2.05) is 42.6 Å². The number of aromatic nitrogens is 1. The molecule has 2 heterocycles. The number of benzene rings is 2. The second kappa shape index (κ2) is 12.0. The van der Waals surface area contributed by atoms with Gasteiger partial charge in [0.05, 0.1) is 18.1 Å². The highest BCUT2D eigenvalue weighted by atomic mass is 32.2. The fourth-order valence-corrected chi connectivity index (χ4v) is 5.12. The fourth-order valence-electron chi connectivity index (χ4n) is 4.14. The summed E-state index contributed by atoms with van der Waals surface area (Å²) >= 11 is 1.71. The van der Waals surface area contributed by atoms with Crippen LogP contribution >= 0.6 is 11.8 Å². The van der Waals surface area contributed by atoms with Gasteiger partial charge in [0.15, 0.2) is 0 Å². The number of nitrogens with zero attached hydrogens (tertiary/aromatic N) is 1. The van der Waals surface area contributed by atoms with Crippen LogP contribution in [0.5, 0.6) is 0 Å². The first-order valence-corrected chi connectivity index (χ1v) is 12.6. The number of para-hydroxylation sites is 1. The first-order chi connectivity index (χ1) is 16.6. The molecule has 2 amide bonds. The predicted octanol–water partition coefficient (Wildman–Crippen LogP) is 2.25. The number of thioether (sulfide) groups is 1. The van der Waals surface area contributed by atoms with Crippen molar-refractivity contribution < 1.29 is 9.59 Å². The van der Waals surface area contributed by atoms with Gasteiger partial charge in [0.25, 0.3) is 0 Å². The zero-order valence-corrected chi connectivity index (χ0v) is 19.9. The maximum atomic E-state index is 13.0. The van der Waals surface area contributed by atoms with Crippen molar-refractivity contribution in [3.8, 4) is 0 Å². The molecule has 1 aliphatic rings. The highest BCUT2D eigenvalue weighted by Crippen LogP contribution is 2.23. The molecule has 34 heavy (non-hydrogen) atoms. The van der Waals surface area contributed by atoms with E-state index in [1.165, 1.54) is 5.56 Å². The number of carbonyl (C=O) groups is 2. The molecular formula is C26H31N5O2S. The molecule has 3 atom stereocenters. The van der Waals surface area contributed by atoms with Gasteiger partial charge in [0.1, 0.15) is 0 Å². The number of aryl methyl sites for hydroxylation is 1. The number of nitrogens with two attached hydrogens (primary N) is 1. The summed E-state index contributed by atoms with van der Waals surface area (Å²) < 4.78 is 0. The van der Waals surface area contributed by atoms with Crippen molar-refractivity contribution >= 4 is 34.5 Å². The van der Waals surface area contributed by atoms with Gasteiger partial charge in [-0.15, -0.1) is 11.8 Å². The molecule has 1 unspecified atom stereocenters. The van der Waals surface area contributed by atoms with Crippen LogP contribution < -0.4 is 21.7 Å². The summed E-state index contributed by atoms with van der Waals surface area (Å²) in [5.41, 5.74) is 7.61. The molecule has 8 heteroatoms. The minimum atomic E-state index is -0.324. The second-order valence-corrected chi connectivity index (χ2v) is 9.66. The third-order valence-corrected chi connectivity index (χ3v) is 7.11. The number of amides is 2. The summed E-state index contributed by atoms with van der Waals surface area (Å²) in [5, 5.41) is 10.4. The molecule has 1 fully saturated rings. The van der Waals surface area contributed by atoms with Crippen LogP contribution in [0.3, 0.4) is 0 Å². The Morgan fingerprint density at radius 1 is 1.15 bits per heavy atom. The Bertz CT molecular complexity index is 1110. The Morgan fingerprint density at radius 3 is 2.76 bits per heavy atom. The molecule has 1 aliphatic heterocycles. The largest absolute Gasteiger partial charge is 0.351 e. The van der Waals surface area contributed by atoms with Crippen LogP contribution in [0.2, 0.25) is 0 Å². The van der Waals surface area contributed by atoms with Crippen molar-refractivity contribution in [3.05, 3.63) is 72.4 Å². The van der Waals surface area contributed by atoms with E-state index in [0.29, 0.717) is 13.0 Å². The summed E-state index contributed by atoms with van der Waals surface area (Å²) in [7, 11) is 0. The maximum Gasteiger partial charge on any atom is 0.237 e. The van der Waals surface area contributed by atoms with E-state index in [4.69, 9.17) is 5.73 Å². The molecule has 0 spiro atoms. The quantitative estimate of drug-likeness (QED) is 0.334. The molecule has 1 saturated heterocycles. The average molecular weight is 478 g/mol. The fraction of sp³-hybridized carbons (Fsp3) is 0.346. The van der Waals surface area contributed by atoms with Crippen LogP contribution in [0.25, 0.3) is 10.9 Å². The minimum absolute atomic E-state index is 0.00339. The average Bonchev–Trinajstić information content (AvgIpc) is 3.34. The van der Waals surface area contributed by atoms with Crippen molar-refractivity contribution in [1.29, 1.82) is 0 Å². The van der Waals surface area contributed by atoms with Crippen LogP contribution in [0.1, 0.15) is 18.4 Å². The third-order valence-electron chi connectivity index (χ3n) is 5.99. The minimum Gasteiger partial charge on any atom is -0.351 e. The summed E-state index contributed by atoms with van der Waals surface area (Å²) in [6.07, 6.45) is 4.18. The Kier molecular flexibility index (Phi) is 8.51. The molecule has 5 N–H and O–H groups in total. The summed E-state index contributed by atoms with van der Waals surface area (Å²) in [4.78, 5) is 30.2. The maximum absolute atomic E-state index is 13.0. The highest BCUT2D eigenvalue weighted by Gasteiger charge is 2.31. The van der Waals surface area contributed by atoms with Crippen molar-refractivity contribution in [3.63, 3.8) is 0 Å². The van der Waals surface area contributed by atoms with Crippen molar-refractivity contribution in [1.82, 2.24) is 20.9 Å². The molecule has 0 aliphatic carbocycles. The molecule has 7 nitrogen and oxygen atoms in total. The van der Waals surface area contributed by atoms with E-state index in [1.54, 1.807) is 11.8 Å². The van der Waals surface area contributed by atoms with Crippen LogP contribution in [0.15, 0.2) is 71.8 Å². The van der Waals surface area contributed by atoms with E-state index in [9.17, 15) is 9.59 Å². The van der Waals surface area contributed by atoms with E-state index >= 15 is 0 Å². The Hall–Kier alpha value is -2.94. The van der Waals surface area contributed by atoms with Gasteiger partial charge in [-0.2, -0.15) is 0 Å². The van der Waals surface area contributed by atoms with E-state index in [2.05, 4.69) is 45.2 Å². The lowest BCUT2D eigenvalue weighted by Gasteiger charge is -2.21. The van der Waals surface area contributed by atoms with Gasteiger partial charge in [-0.1, -0.05) is 48.5 Å². The lowest BCUT2D eigenvalue weighted by molar-refractivity contribution is -0.124. The van der Waals surface area contributed by atoms with Crippen LogP contribution in [0.4, 0.5) is 0 Å². The molecule has 1 aromatic heterocycles. The first kappa shape index (κ1) is 24.2. The van der Waals surface area contributed by atoms with Crippen molar-refractivity contribution in [2.24, 2.45) is 5.73 Å². The van der Waals surface area contributed by atoms with Crippen LogP contribution in [-0.4, -0.2) is 53.8 Å². The number of rotatable bonds is 10. The smallest absolute Gasteiger partial charge is 0.237 e. The lowest BCUT2D eigenvalue weighted by atomic mass is 10.1. The highest BCUT2D eigenvalue weighted by molar-refractivity contribution is 7.99. The van der Waals surface area contributed by atoms with E-state index in [0.717, 1.165) is 34.4 Å². The number of hydrogen-bond acceptors (Lipinski definition) is 6. The molecule has 2 aromatic carbocycles. The second-order valence-electron chi connectivity index (χ2n) is 8.57. The standard InChI is InChI=1S/C26H31N5O2S/c27-14-25(32)30-21-13-24(28-15-21)26(33)31-20(11-10-18-6-2-1-3-7-18)17-34-22-12-19-8-4-5-9-23(19)29-16-22/h1-9,12,16,20-21,24,28H,10-11,13-15,17,27H2,(H,30,32)(H,31,33)/t20?,21-,24+/m1/s1. The normalized spacial score (nSPS) is 18.5. The molecule has 0 bridgehead atoms. The Morgan fingerprint density at radius 2 is 1.94 bits per heavy atom. The molecular weight excluding hydrogens is 446 g/mol. The van der Waals surface area contributed by atoms with E-state index in [-0.39, 0.29) is 36.5 Å². The number of nitrogens with one attached hydrogen (secondary N) is 3. The molecule has 0 radical (unpaired) electrons. The number of carbonyl (C=O) groups excluding carboxylic acids is 2. The van der Waals surface area contributed by atoms with Gasteiger partial charge in [-0.25, -0.2) is 0 Å². The van der Waals surface area contributed by atoms with Gasteiger partial charge in [0, 0.05) is 40.9 Å². The summed E-state index contributed by atoms with van der Waals surface area (Å²) in [6, 6.07) is 20.1. The van der Waals surface area contributed by atoms with Gasteiger partial charge in [0.2, 0.25) is 11.8 Å². The lowest BCUT2D eigenvalue weighted by Crippen LogP contribution is -2.46. The van der Waals surface area contributed by atoms with Gasteiger partial charge < -0.3 is 21.7 Å². The van der Waals surface area contributed by atoms with Crippen LogP contribution in [0, 0.1) is 0 Å². The van der Waals surface area contributed by atoms with Gasteiger partial charge >= 0.3 is 0 Å². The SMILES string of the molecule is NCC(=O)N[C@H]1CN[C@H](C(=O)NC(CCc2ccccc2)CSc2cnc3ccccc3c2)C1. The number of fused-ring (bicyclic) bond motifs is 1. The summed E-state index contributed by atoms with van der Waals surface area (Å²) in [6.45, 7) is 0.520. The Balaban J connectivity index is 1.37. The summed E-state index contributed by atoms with van der Waals surface area (Å²) in [5.74, 6) is 0.521. The molecule has 3 aromatic rings. The number of pyridine rings is 1. The molecule has 0 saturated carbocycles. The van der Waals surface area contributed by atoms with Gasteiger partial charge in [-0.05, 0) is 37.0 Å². The van der Waals surface area contributed by atoms with Crippen LogP contribution in [-0.2, 0) is 16.0 Å². The van der Waals surface area contributed by atoms with Crippen molar-refractivity contribution in [2.75, 3.05) is 18.8 Å². The molecule has 4 rings (SSSR count).